The van der Waals surface area contributed by atoms with Gasteiger partial charge >= 0.3 is 0 Å². The van der Waals surface area contributed by atoms with E-state index in [0.29, 0.717) is 5.02 Å². The monoisotopic (exact) mass is 392 g/mol. The van der Waals surface area contributed by atoms with Gasteiger partial charge in [-0.15, -0.1) is 0 Å². The largest absolute Gasteiger partial charge is 0.487 e. The highest BCUT2D eigenvalue weighted by molar-refractivity contribution is 6.37. The van der Waals surface area contributed by atoms with Crippen molar-refractivity contribution in [1.82, 2.24) is 9.88 Å². The summed E-state index contributed by atoms with van der Waals surface area (Å²) in [6, 6.07) is 14.4. The number of piperidine rings is 1. The van der Waals surface area contributed by atoms with Crippen molar-refractivity contribution < 1.29 is 9.53 Å². The number of aryl methyl sites for hydroxylation is 1. The number of carbonyl (C=O) groups excluding carboxylic acids is 1. The number of nitrogens with zero attached hydrogens (tertiary/aromatic N) is 2. The van der Waals surface area contributed by atoms with Gasteiger partial charge in [0.15, 0.2) is 0 Å². The molecule has 0 bridgehead atoms. The van der Waals surface area contributed by atoms with Gasteiger partial charge in [-0.3, -0.25) is 9.78 Å². The molecule has 3 aromatic rings. The molecule has 142 valence electrons. The number of fused-ring (bicyclic) bond motifs is 2. The summed E-state index contributed by atoms with van der Waals surface area (Å²) in [7, 11) is 0. The van der Waals surface area contributed by atoms with Crippen molar-refractivity contribution in [1.29, 1.82) is 0 Å². The van der Waals surface area contributed by atoms with Gasteiger partial charge in [0.1, 0.15) is 11.4 Å². The van der Waals surface area contributed by atoms with Gasteiger partial charge in [0.2, 0.25) is 6.41 Å². The van der Waals surface area contributed by atoms with Crippen LogP contribution in [0.4, 0.5) is 0 Å². The Kier molecular flexibility index (Phi) is 4.24. The molecule has 3 heterocycles. The minimum absolute atomic E-state index is 0.126. The summed E-state index contributed by atoms with van der Waals surface area (Å²) in [5.41, 5.74) is 4.01. The predicted octanol–water partition coefficient (Wildman–Crippen LogP) is 4.87. The second-order valence-electron chi connectivity index (χ2n) is 7.75. The molecular weight excluding hydrogens is 372 g/mol. The fraction of sp³-hybridized carbons (Fsp3) is 0.304. The number of hydrogen-bond acceptors (Lipinski definition) is 3. The maximum absolute atomic E-state index is 11.0. The third kappa shape index (κ3) is 2.92. The molecule has 1 amide bonds. The van der Waals surface area contributed by atoms with Gasteiger partial charge in [-0.05, 0) is 42.2 Å². The van der Waals surface area contributed by atoms with Crippen molar-refractivity contribution in [3.63, 3.8) is 0 Å². The normalized spacial score (nSPS) is 18.0. The Labute approximate surface area is 169 Å². The molecule has 1 saturated heterocycles. The van der Waals surface area contributed by atoms with E-state index >= 15 is 0 Å². The number of rotatable bonds is 2. The first kappa shape index (κ1) is 17.5. The Morgan fingerprint density at radius 3 is 2.79 bits per heavy atom. The van der Waals surface area contributed by atoms with Crippen LogP contribution < -0.4 is 4.74 Å². The first-order valence-electron chi connectivity index (χ1n) is 9.72. The van der Waals surface area contributed by atoms with Crippen LogP contribution in [0.2, 0.25) is 5.02 Å². The topological polar surface area (TPSA) is 42.4 Å². The molecule has 5 rings (SSSR count). The number of pyridine rings is 1. The molecule has 1 aromatic heterocycles. The summed E-state index contributed by atoms with van der Waals surface area (Å²) in [6.07, 6.45) is 6.48. The lowest BCUT2D eigenvalue weighted by atomic mass is 9.83. The van der Waals surface area contributed by atoms with Crippen LogP contribution in [-0.2, 0) is 11.2 Å². The van der Waals surface area contributed by atoms with Gasteiger partial charge in [0, 0.05) is 43.1 Å². The van der Waals surface area contributed by atoms with Gasteiger partial charge in [0.25, 0.3) is 0 Å². The number of amides is 1. The summed E-state index contributed by atoms with van der Waals surface area (Å²) in [5.74, 6) is 0.963. The lowest BCUT2D eigenvalue weighted by molar-refractivity contribution is -0.121. The molecule has 0 N–H and O–H groups in total. The highest BCUT2D eigenvalue weighted by Gasteiger charge is 2.39. The van der Waals surface area contributed by atoms with Crippen LogP contribution >= 0.6 is 11.6 Å². The second kappa shape index (κ2) is 6.78. The van der Waals surface area contributed by atoms with E-state index in [0.717, 1.165) is 73.0 Å². The number of hydrogen-bond donors (Lipinski definition) is 0. The molecule has 0 saturated carbocycles. The highest BCUT2D eigenvalue weighted by Crippen LogP contribution is 2.42. The molecule has 28 heavy (non-hydrogen) atoms. The maximum Gasteiger partial charge on any atom is 0.209 e. The maximum atomic E-state index is 11.0. The van der Waals surface area contributed by atoms with Crippen LogP contribution in [0.15, 0.2) is 48.7 Å². The Hall–Kier alpha value is -2.59. The van der Waals surface area contributed by atoms with Crippen LogP contribution in [0.5, 0.6) is 5.75 Å². The lowest BCUT2D eigenvalue weighted by Crippen LogP contribution is -2.49. The van der Waals surface area contributed by atoms with E-state index < -0.39 is 0 Å². The lowest BCUT2D eigenvalue weighted by Gasteiger charge is -2.43. The third-order valence-electron chi connectivity index (χ3n) is 6.12. The Morgan fingerprint density at radius 2 is 1.96 bits per heavy atom. The summed E-state index contributed by atoms with van der Waals surface area (Å²) in [5, 5.41) is 1.73. The smallest absolute Gasteiger partial charge is 0.209 e. The molecule has 0 radical (unpaired) electrons. The zero-order chi connectivity index (χ0) is 19.1. The zero-order valence-corrected chi connectivity index (χ0v) is 16.3. The fourth-order valence-corrected chi connectivity index (χ4v) is 4.74. The minimum Gasteiger partial charge on any atom is -0.487 e. The average Bonchev–Trinajstić information content (AvgIpc) is 2.75. The molecule has 2 aliphatic rings. The van der Waals surface area contributed by atoms with Gasteiger partial charge in [-0.1, -0.05) is 35.9 Å². The van der Waals surface area contributed by atoms with Crippen molar-refractivity contribution in [2.75, 3.05) is 13.1 Å². The van der Waals surface area contributed by atoms with E-state index in [4.69, 9.17) is 16.3 Å². The standard InChI is InChI=1S/C23H21ClN2O2/c24-21-19(5-3-16-2-1-11-25-22(16)21)17-4-6-20-18(14-17)7-8-23(28-20)9-12-26(15-27)13-10-23/h1-6,11,14-15H,7-10,12-13H2. The first-order chi connectivity index (χ1) is 13.7. The van der Waals surface area contributed by atoms with E-state index in [1.807, 2.05) is 17.0 Å². The van der Waals surface area contributed by atoms with Gasteiger partial charge in [0.05, 0.1) is 10.5 Å². The van der Waals surface area contributed by atoms with E-state index in [-0.39, 0.29) is 5.60 Å². The van der Waals surface area contributed by atoms with Crippen molar-refractivity contribution in [3.8, 4) is 16.9 Å². The first-order valence-corrected chi connectivity index (χ1v) is 10.1. The van der Waals surface area contributed by atoms with Crippen molar-refractivity contribution in [3.05, 3.63) is 59.2 Å². The summed E-state index contributed by atoms with van der Waals surface area (Å²) in [6.45, 7) is 1.55. The van der Waals surface area contributed by atoms with Gasteiger partial charge in [-0.25, -0.2) is 0 Å². The Bertz CT molecular complexity index is 1060. The Balaban J connectivity index is 1.45. The molecule has 2 aromatic carbocycles. The molecule has 0 unspecified atom stereocenters. The Morgan fingerprint density at radius 1 is 1.11 bits per heavy atom. The van der Waals surface area contributed by atoms with Gasteiger partial charge in [-0.2, -0.15) is 0 Å². The molecule has 0 atom stereocenters. The van der Waals surface area contributed by atoms with E-state index in [9.17, 15) is 4.79 Å². The molecule has 5 heteroatoms. The molecule has 2 aliphatic heterocycles. The predicted molar refractivity (Wildman–Crippen MR) is 111 cm³/mol. The summed E-state index contributed by atoms with van der Waals surface area (Å²) in [4.78, 5) is 17.3. The van der Waals surface area contributed by atoms with Crippen molar-refractivity contribution in [2.45, 2.75) is 31.3 Å². The number of ether oxygens (including phenoxy) is 1. The van der Waals surface area contributed by atoms with E-state index in [1.165, 1.54) is 5.56 Å². The van der Waals surface area contributed by atoms with Crippen molar-refractivity contribution >= 4 is 28.9 Å². The zero-order valence-electron chi connectivity index (χ0n) is 15.5. The van der Waals surface area contributed by atoms with Crippen LogP contribution in [0.25, 0.3) is 22.0 Å². The number of carbonyl (C=O) groups is 1. The average molecular weight is 393 g/mol. The third-order valence-corrected chi connectivity index (χ3v) is 6.50. The molecule has 4 nitrogen and oxygen atoms in total. The number of benzene rings is 2. The molecule has 0 aliphatic carbocycles. The summed E-state index contributed by atoms with van der Waals surface area (Å²) < 4.78 is 6.46. The second-order valence-corrected chi connectivity index (χ2v) is 8.13. The molecule has 1 fully saturated rings. The molecule has 1 spiro atoms. The SMILES string of the molecule is O=CN1CCC2(CCc3cc(-c4ccc5cccnc5c4Cl)ccc3O2)CC1. The fourth-order valence-electron chi connectivity index (χ4n) is 4.41. The highest BCUT2D eigenvalue weighted by atomic mass is 35.5. The van der Waals surface area contributed by atoms with E-state index in [2.05, 4.69) is 35.3 Å². The van der Waals surface area contributed by atoms with Crippen LogP contribution in [0, 0.1) is 0 Å². The molecular formula is C23H21ClN2O2. The van der Waals surface area contributed by atoms with Crippen molar-refractivity contribution in [2.24, 2.45) is 0 Å². The number of aromatic nitrogens is 1. The number of likely N-dealkylation sites (tertiary alicyclic amines) is 1. The number of halogens is 1. The summed E-state index contributed by atoms with van der Waals surface area (Å²) >= 11 is 6.68. The van der Waals surface area contributed by atoms with Gasteiger partial charge < -0.3 is 9.64 Å². The minimum atomic E-state index is -0.126. The van der Waals surface area contributed by atoms with Crippen LogP contribution in [-0.4, -0.2) is 35.0 Å². The van der Waals surface area contributed by atoms with Crippen LogP contribution in [0.3, 0.4) is 0 Å². The van der Waals surface area contributed by atoms with E-state index in [1.54, 1.807) is 6.20 Å². The van der Waals surface area contributed by atoms with Crippen LogP contribution in [0.1, 0.15) is 24.8 Å². The quantitative estimate of drug-likeness (QED) is 0.584.